The number of rotatable bonds is 5. The zero-order chi connectivity index (χ0) is 14.5. The number of aliphatic hydroxyl groups excluding tert-OH is 1. The highest BCUT2D eigenvalue weighted by Crippen LogP contribution is 2.08. The van der Waals surface area contributed by atoms with E-state index in [1.54, 1.807) is 24.3 Å². The summed E-state index contributed by atoms with van der Waals surface area (Å²) < 4.78 is 5.02. The molecule has 1 aromatic carbocycles. The highest BCUT2D eigenvalue weighted by molar-refractivity contribution is 5.94. The Morgan fingerprint density at radius 3 is 2.35 bits per heavy atom. The Labute approximate surface area is 114 Å². The summed E-state index contributed by atoms with van der Waals surface area (Å²) in [5, 5.41) is 20.2. The summed E-state index contributed by atoms with van der Waals surface area (Å²) in [4.78, 5) is 22.5. The van der Waals surface area contributed by atoms with Gasteiger partial charge < -0.3 is 19.9 Å². The maximum atomic E-state index is 11.8. The van der Waals surface area contributed by atoms with Crippen LogP contribution in [0.2, 0.25) is 0 Å². The van der Waals surface area contributed by atoms with Crippen LogP contribution >= 0.6 is 0 Å². The van der Waals surface area contributed by atoms with Gasteiger partial charge in [-0.05, 0) is 29.8 Å². The Bertz CT molecular complexity index is 615. The van der Waals surface area contributed by atoms with Crippen LogP contribution in [-0.2, 0) is 13.2 Å². The van der Waals surface area contributed by atoms with Crippen LogP contribution in [0.5, 0.6) is 0 Å². The molecule has 2 aromatic rings. The largest absolute Gasteiger partial charge is 0.475 e. The van der Waals surface area contributed by atoms with E-state index >= 15 is 0 Å². The first-order valence-corrected chi connectivity index (χ1v) is 5.90. The molecule has 0 saturated heterocycles. The van der Waals surface area contributed by atoms with Gasteiger partial charge in [0, 0.05) is 5.56 Å². The first kappa shape index (κ1) is 13.8. The summed E-state index contributed by atoms with van der Waals surface area (Å²) in [6.07, 6.45) is 0. The number of amides is 1. The molecule has 0 radical (unpaired) electrons. The highest BCUT2D eigenvalue weighted by atomic mass is 16.4. The number of nitrogens with one attached hydrogen (secondary N) is 1. The molecule has 0 saturated carbocycles. The predicted molar refractivity (Wildman–Crippen MR) is 69.2 cm³/mol. The third-order valence-electron chi connectivity index (χ3n) is 2.69. The van der Waals surface area contributed by atoms with Crippen molar-refractivity contribution in [1.29, 1.82) is 0 Å². The molecule has 1 heterocycles. The van der Waals surface area contributed by atoms with E-state index in [0.717, 1.165) is 5.56 Å². The van der Waals surface area contributed by atoms with Crippen LogP contribution in [-0.4, -0.2) is 22.1 Å². The molecule has 2 rings (SSSR count). The number of carbonyl (C=O) groups excluding carboxylic acids is 1. The van der Waals surface area contributed by atoms with Gasteiger partial charge in [0.2, 0.25) is 5.76 Å². The topological polar surface area (TPSA) is 99.8 Å². The molecule has 0 aliphatic heterocycles. The third kappa shape index (κ3) is 3.24. The molecule has 0 aliphatic rings. The smallest absolute Gasteiger partial charge is 0.371 e. The first-order chi connectivity index (χ1) is 9.60. The number of carboxylic acid groups (broad SMARTS) is 1. The molecule has 1 amide bonds. The number of carbonyl (C=O) groups is 2. The van der Waals surface area contributed by atoms with Crippen molar-refractivity contribution in [3.8, 4) is 0 Å². The highest BCUT2D eigenvalue weighted by Gasteiger charge is 2.10. The van der Waals surface area contributed by atoms with Gasteiger partial charge in [0.15, 0.2) is 0 Å². The maximum absolute atomic E-state index is 11.8. The van der Waals surface area contributed by atoms with E-state index in [2.05, 4.69) is 5.32 Å². The Morgan fingerprint density at radius 2 is 1.80 bits per heavy atom. The average Bonchev–Trinajstić information content (AvgIpc) is 2.94. The molecule has 6 heteroatoms. The minimum atomic E-state index is -1.15. The van der Waals surface area contributed by atoms with Gasteiger partial charge in [-0.3, -0.25) is 4.79 Å². The Morgan fingerprint density at radius 1 is 1.10 bits per heavy atom. The fourth-order valence-corrected chi connectivity index (χ4v) is 1.62. The molecule has 0 atom stereocenters. The predicted octanol–water partition coefficient (Wildman–Crippen LogP) is 1.40. The number of hydrogen-bond donors (Lipinski definition) is 3. The molecule has 0 fully saturated rings. The molecule has 0 unspecified atom stereocenters. The summed E-state index contributed by atoms with van der Waals surface area (Å²) >= 11 is 0. The molecular formula is C14H13NO5. The monoisotopic (exact) mass is 275 g/mol. The van der Waals surface area contributed by atoms with E-state index < -0.39 is 5.97 Å². The van der Waals surface area contributed by atoms with Crippen molar-refractivity contribution in [2.24, 2.45) is 0 Å². The second-order valence-electron chi connectivity index (χ2n) is 4.11. The van der Waals surface area contributed by atoms with Crippen LogP contribution in [0.3, 0.4) is 0 Å². The quantitative estimate of drug-likeness (QED) is 0.766. The Balaban J connectivity index is 1.95. The number of hydrogen-bond acceptors (Lipinski definition) is 4. The van der Waals surface area contributed by atoms with E-state index in [4.69, 9.17) is 14.6 Å². The molecule has 1 aromatic heterocycles. The van der Waals surface area contributed by atoms with E-state index in [1.165, 1.54) is 12.1 Å². The van der Waals surface area contributed by atoms with E-state index in [9.17, 15) is 9.59 Å². The first-order valence-electron chi connectivity index (χ1n) is 5.90. The van der Waals surface area contributed by atoms with Gasteiger partial charge in [-0.25, -0.2) is 4.79 Å². The average molecular weight is 275 g/mol. The van der Waals surface area contributed by atoms with Crippen LogP contribution in [0, 0.1) is 0 Å². The van der Waals surface area contributed by atoms with Gasteiger partial charge in [0.05, 0.1) is 13.2 Å². The van der Waals surface area contributed by atoms with E-state index in [1.807, 2.05) is 0 Å². The second kappa shape index (κ2) is 6.03. The zero-order valence-electron chi connectivity index (χ0n) is 10.5. The molecule has 104 valence electrons. The van der Waals surface area contributed by atoms with Gasteiger partial charge in [0.25, 0.3) is 5.91 Å². The van der Waals surface area contributed by atoms with Crippen molar-refractivity contribution in [1.82, 2.24) is 5.32 Å². The van der Waals surface area contributed by atoms with Crippen molar-refractivity contribution in [3.05, 3.63) is 59.0 Å². The van der Waals surface area contributed by atoms with Crippen molar-refractivity contribution >= 4 is 11.9 Å². The summed E-state index contributed by atoms with van der Waals surface area (Å²) in [7, 11) is 0. The molecular weight excluding hydrogens is 262 g/mol. The number of furan rings is 1. The minimum Gasteiger partial charge on any atom is -0.475 e. The summed E-state index contributed by atoms with van der Waals surface area (Å²) in [5.74, 6) is -1.26. The van der Waals surface area contributed by atoms with Crippen LogP contribution < -0.4 is 5.32 Å². The molecule has 0 bridgehead atoms. The lowest BCUT2D eigenvalue weighted by Crippen LogP contribution is -2.22. The molecule has 6 nitrogen and oxygen atoms in total. The fraction of sp³-hybridized carbons (Fsp3) is 0.143. The normalized spacial score (nSPS) is 10.2. The van der Waals surface area contributed by atoms with Crippen LogP contribution in [0.15, 0.2) is 40.8 Å². The number of aromatic carboxylic acids is 1. The molecule has 20 heavy (non-hydrogen) atoms. The van der Waals surface area contributed by atoms with Crippen molar-refractivity contribution in [2.75, 3.05) is 0 Å². The summed E-state index contributed by atoms with van der Waals surface area (Å²) in [6, 6.07) is 9.35. The maximum Gasteiger partial charge on any atom is 0.371 e. The SMILES string of the molecule is O=C(NCc1ccc(C(=O)O)o1)c1ccc(CO)cc1. The Hall–Kier alpha value is -2.60. The van der Waals surface area contributed by atoms with Crippen molar-refractivity contribution in [3.63, 3.8) is 0 Å². The lowest BCUT2D eigenvalue weighted by atomic mass is 10.1. The van der Waals surface area contributed by atoms with Gasteiger partial charge >= 0.3 is 5.97 Å². The summed E-state index contributed by atoms with van der Waals surface area (Å²) in [5.41, 5.74) is 1.17. The number of benzene rings is 1. The fourth-order valence-electron chi connectivity index (χ4n) is 1.62. The van der Waals surface area contributed by atoms with E-state index in [0.29, 0.717) is 11.3 Å². The molecule has 0 spiro atoms. The summed E-state index contributed by atoms with van der Waals surface area (Å²) in [6.45, 7) is 0.0279. The second-order valence-corrected chi connectivity index (χ2v) is 4.11. The van der Waals surface area contributed by atoms with Gasteiger partial charge in [-0.2, -0.15) is 0 Å². The zero-order valence-corrected chi connectivity index (χ0v) is 10.5. The van der Waals surface area contributed by atoms with Crippen molar-refractivity contribution in [2.45, 2.75) is 13.2 Å². The molecule has 0 aliphatic carbocycles. The van der Waals surface area contributed by atoms with Crippen LogP contribution in [0.1, 0.15) is 32.2 Å². The number of aliphatic hydroxyl groups is 1. The van der Waals surface area contributed by atoms with E-state index in [-0.39, 0.29) is 24.8 Å². The van der Waals surface area contributed by atoms with Crippen LogP contribution in [0.25, 0.3) is 0 Å². The van der Waals surface area contributed by atoms with Crippen LogP contribution in [0.4, 0.5) is 0 Å². The lowest BCUT2D eigenvalue weighted by Gasteiger charge is -2.04. The van der Waals surface area contributed by atoms with Gasteiger partial charge in [-0.15, -0.1) is 0 Å². The standard InChI is InChI=1S/C14H13NO5/c16-8-9-1-3-10(4-2-9)13(17)15-7-11-5-6-12(20-11)14(18)19/h1-6,16H,7-8H2,(H,15,17)(H,18,19). The molecule has 3 N–H and O–H groups in total. The van der Waals surface area contributed by atoms with Gasteiger partial charge in [0.1, 0.15) is 5.76 Å². The number of carboxylic acids is 1. The Kier molecular flexibility index (Phi) is 4.17. The lowest BCUT2D eigenvalue weighted by molar-refractivity contribution is 0.0660. The minimum absolute atomic E-state index is 0.0771. The van der Waals surface area contributed by atoms with Crippen molar-refractivity contribution < 1.29 is 24.2 Å². The third-order valence-corrected chi connectivity index (χ3v) is 2.69. The van der Waals surface area contributed by atoms with Gasteiger partial charge in [-0.1, -0.05) is 12.1 Å².